The van der Waals surface area contributed by atoms with E-state index in [4.69, 9.17) is 14.6 Å². The van der Waals surface area contributed by atoms with Gasteiger partial charge < -0.3 is 55.1 Å². The first-order chi connectivity index (χ1) is 10.3. The number of rotatable bonds is 3. The van der Waals surface area contributed by atoms with Gasteiger partial charge >= 0.3 is 0 Å². The lowest BCUT2D eigenvalue weighted by atomic mass is 9.98. The van der Waals surface area contributed by atoms with Crippen molar-refractivity contribution in [2.75, 3.05) is 6.61 Å². The van der Waals surface area contributed by atoms with Crippen molar-refractivity contribution in [2.24, 2.45) is 0 Å². The first-order valence-corrected chi connectivity index (χ1v) is 6.61. The molecule has 0 radical (unpaired) electrons. The number of aliphatic hydroxyl groups is 8. The summed E-state index contributed by atoms with van der Waals surface area (Å²) in [5, 5.41) is 76.1. The summed E-state index contributed by atoms with van der Waals surface area (Å²) in [5.74, 6) is 0. The summed E-state index contributed by atoms with van der Waals surface area (Å²) in [6.07, 6.45) is -16.8. The molecule has 0 amide bonds. The standard InChI is InChI=1S/C11H20O11/c12-1-2-3(13)4(14)7(17)11(20-2)21-8-5(15)6(16)9(18)22-10(8)19/h2-19H,1H2. The number of hydrogen-bond donors (Lipinski definition) is 8. The Morgan fingerprint density at radius 3 is 1.91 bits per heavy atom. The summed E-state index contributed by atoms with van der Waals surface area (Å²) >= 11 is 0. The van der Waals surface area contributed by atoms with Gasteiger partial charge in [-0.15, -0.1) is 0 Å². The molecule has 2 fully saturated rings. The van der Waals surface area contributed by atoms with Gasteiger partial charge in [0.2, 0.25) is 0 Å². The molecule has 2 aliphatic heterocycles. The van der Waals surface area contributed by atoms with Crippen LogP contribution in [0.25, 0.3) is 0 Å². The van der Waals surface area contributed by atoms with Gasteiger partial charge in [0.05, 0.1) is 6.61 Å². The maximum Gasteiger partial charge on any atom is 0.187 e. The van der Waals surface area contributed by atoms with Crippen LogP contribution in [0.15, 0.2) is 0 Å². The van der Waals surface area contributed by atoms with Gasteiger partial charge in [-0.1, -0.05) is 0 Å². The minimum absolute atomic E-state index is 0.682. The van der Waals surface area contributed by atoms with Gasteiger partial charge in [0, 0.05) is 0 Å². The normalized spacial score (nSPS) is 53.5. The van der Waals surface area contributed by atoms with Gasteiger partial charge in [0.25, 0.3) is 0 Å². The molecule has 10 atom stereocenters. The van der Waals surface area contributed by atoms with Crippen LogP contribution in [0.3, 0.4) is 0 Å². The van der Waals surface area contributed by atoms with Crippen LogP contribution >= 0.6 is 0 Å². The lowest BCUT2D eigenvalue weighted by molar-refractivity contribution is -0.378. The molecule has 0 bridgehead atoms. The van der Waals surface area contributed by atoms with Crippen LogP contribution in [-0.2, 0) is 14.2 Å². The Hall–Kier alpha value is -0.440. The molecule has 0 aromatic heterocycles. The second-order valence-corrected chi connectivity index (χ2v) is 5.20. The lowest BCUT2D eigenvalue weighted by Gasteiger charge is -2.44. The first kappa shape index (κ1) is 17.9. The van der Waals surface area contributed by atoms with Gasteiger partial charge in [0.1, 0.15) is 42.7 Å². The molecule has 11 nitrogen and oxygen atoms in total. The monoisotopic (exact) mass is 328 g/mol. The molecule has 0 aromatic carbocycles. The van der Waals surface area contributed by atoms with E-state index in [0.717, 1.165) is 0 Å². The van der Waals surface area contributed by atoms with Crippen LogP contribution < -0.4 is 0 Å². The smallest absolute Gasteiger partial charge is 0.187 e. The molecule has 2 saturated heterocycles. The van der Waals surface area contributed by atoms with E-state index in [1.807, 2.05) is 0 Å². The van der Waals surface area contributed by atoms with E-state index in [2.05, 4.69) is 4.74 Å². The molecule has 0 spiro atoms. The molecule has 22 heavy (non-hydrogen) atoms. The maximum absolute atomic E-state index is 9.78. The fourth-order valence-corrected chi connectivity index (χ4v) is 2.31. The van der Waals surface area contributed by atoms with Gasteiger partial charge in [-0.05, 0) is 0 Å². The Labute approximate surface area is 124 Å². The van der Waals surface area contributed by atoms with Crippen molar-refractivity contribution in [3.63, 3.8) is 0 Å². The van der Waals surface area contributed by atoms with Crippen molar-refractivity contribution >= 4 is 0 Å². The third kappa shape index (κ3) is 3.25. The highest BCUT2D eigenvalue weighted by Gasteiger charge is 2.49. The van der Waals surface area contributed by atoms with E-state index in [9.17, 15) is 35.7 Å². The van der Waals surface area contributed by atoms with Crippen molar-refractivity contribution < 1.29 is 55.1 Å². The first-order valence-electron chi connectivity index (χ1n) is 6.61. The van der Waals surface area contributed by atoms with Crippen LogP contribution in [0.1, 0.15) is 0 Å². The third-order valence-electron chi connectivity index (χ3n) is 3.68. The molecular weight excluding hydrogens is 308 g/mol. The van der Waals surface area contributed by atoms with E-state index < -0.39 is 68.2 Å². The van der Waals surface area contributed by atoms with Crippen LogP contribution in [0, 0.1) is 0 Å². The minimum Gasteiger partial charge on any atom is -0.394 e. The Morgan fingerprint density at radius 2 is 1.32 bits per heavy atom. The average Bonchev–Trinajstić information content (AvgIpc) is 2.49. The minimum atomic E-state index is -1.85. The Kier molecular flexibility index (Phi) is 5.68. The fourth-order valence-electron chi connectivity index (χ4n) is 2.31. The van der Waals surface area contributed by atoms with Crippen molar-refractivity contribution in [1.82, 2.24) is 0 Å². The molecule has 0 saturated carbocycles. The van der Waals surface area contributed by atoms with Crippen molar-refractivity contribution in [3.8, 4) is 0 Å². The summed E-state index contributed by atoms with van der Waals surface area (Å²) in [4.78, 5) is 0. The van der Waals surface area contributed by atoms with Crippen LogP contribution in [0.5, 0.6) is 0 Å². The molecule has 8 N–H and O–H groups in total. The number of aliphatic hydroxyl groups excluding tert-OH is 8. The largest absolute Gasteiger partial charge is 0.394 e. The predicted octanol–water partition coefficient (Wildman–Crippen LogP) is -5.44. The van der Waals surface area contributed by atoms with Crippen LogP contribution in [-0.4, -0.2) is 109 Å². The molecule has 2 aliphatic rings. The highest BCUT2D eigenvalue weighted by molar-refractivity contribution is 4.91. The van der Waals surface area contributed by atoms with Gasteiger partial charge in [-0.2, -0.15) is 0 Å². The average molecular weight is 328 g/mol. The summed E-state index contributed by atoms with van der Waals surface area (Å²) < 4.78 is 14.7. The molecule has 11 heteroatoms. The third-order valence-corrected chi connectivity index (χ3v) is 3.68. The summed E-state index contributed by atoms with van der Waals surface area (Å²) in [6, 6.07) is 0. The van der Waals surface area contributed by atoms with Gasteiger partial charge in [-0.25, -0.2) is 0 Å². The molecule has 10 unspecified atom stereocenters. The molecular formula is C11H20O11. The number of hydrogen-bond acceptors (Lipinski definition) is 11. The van der Waals surface area contributed by atoms with Gasteiger partial charge in [-0.3, -0.25) is 0 Å². The van der Waals surface area contributed by atoms with E-state index in [1.54, 1.807) is 0 Å². The maximum atomic E-state index is 9.78. The Balaban J connectivity index is 2.08. The highest BCUT2D eigenvalue weighted by Crippen LogP contribution is 2.27. The molecule has 130 valence electrons. The van der Waals surface area contributed by atoms with E-state index in [-0.39, 0.29) is 0 Å². The van der Waals surface area contributed by atoms with Crippen molar-refractivity contribution in [2.45, 2.75) is 61.6 Å². The van der Waals surface area contributed by atoms with Crippen LogP contribution in [0.2, 0.25) is 0 Å². The van der Waals surface area contributed by atoms with E-state index in [0.29, 0.717) is 0 Å². The zero-order valence-corrected chi connectivity index (χ0v) is 11.3. The summed E-state index contributed by atoms with van der Waals surface area (Å²) in [7, 11) is 0. The lowest BCUT2D eigenvalue weighted by Crippen LogP contribution is -2.64. The second kappa shape index (κ2) is 6.98. The molecule has 2 heterocycles. The molecule has 0 aromatic rings. The van der Waals surface area contributed by atoms with Crippen LogP contribution in [0.4, 0.5) is 0 Å². The second-order valence-electron chi connectivity index (χ2n) is 5.20. The zero-order chi connectivity index (χ0) is 16.6. The van der Waals surface area contributed by atoms with E-state index >= 15 is 0 Å². The van der Waals surface area contributed by atoms with Gasteiger partial charge in [0.15, 0.2) is 18.9 Å². The Bertz CT molecular complexity index is 366. The van der Waals surface area contributed by atoms with Crippen molar-refractivity contribution in [3.05, 3.63) is 0 Å². The van der Waals surface area contributed by atoms with Crippen molar-refractivity contribution in [1.29, 1.82) is 0 Å². The Morgan fingerprint density at radius 1 is 0.682 bits per heavy atom. The molecule has 0 aliphatic carbocycles. The topological polar surface area (TPSA) is 190 Å². The zero-order valence-electron chi connectivity index (χ0n) is 11.3. The summed E-state index contributed by atoms with van der Waals surface area (Å²) in [6.45, 7) is -0.682. The predicted molar refractivity (Wildman–Crippen MR) is 63.8 cm³/mol. The SMILES string of the molecule is OCC1OC(OC2C(O)OC(O)C(O)C2O)C(O)C(O)C1O. The highest BCUT2D eigenvalue weighted by atomic mass is 16.7. The van der Waals surface area contributed by atoms with E-state index in [1.165, 1.54) is 0 Å². The quantitative estimate of drug-likeness (QED) is 0.247. The molecule has 2 rings (SSSR count). The summed E-state index contributed by atoms with van der Waals surface area (Å²) in [5.41, 5.74) is 0. The fraction of sp³-hybridized carbons (Fsp3) is 1.00. The number of ether oxygens (including phenoxy) is 3.